The van der Waals surface area contributed by atoms with Crippen LogP contribution in [0.4, 0.5) is 0 Å². The van der Waals surface area contributed by atoms with Crippen LogP contribution in [0, 0.1) is 0 Å². The molecule has 3 unspecified atom stereocenters. The number of hydrogen-bond acceptors (Lipinski definition) is 4. The fraction of sp³-hybridized carbons (Fsp3) is 0.857. The van der Waals surface area contributed by atoms with Crippen LogP contribution in [0.3, 0.4) is 0 Å². The van der Waals surface area contributed by atoms with E-state index in [2.05, 4.69) is 0 Å². The van der Waals surface area contributed by atoms with Gasteiger partial charge in [0.2, 0.25) is 0 Å². The van der Waals surface area contributed by atoms with Crippen molar-refractivity contribution in [2.24, 2.45) is 0 Å². The molecule has 0 aromatic rings. The van der Waals surface area contributed by atoms with Crippen molar-refractivity contribution in [3.8, 4) is 0 Å². The van der Waals surface area contributed by atoms with Crippen LogP contribution in [0.15, 0.2) is 0 Å². The van der Waals surface area contributed by atoms with E-state index in [4.69, 9.17) is 10.2 Å². The summed E-state index contributed by atoms with van der Waals surface area (Å²) in [5, 5.41) is 36.2. The lowest BCUT2D eigenvalue weighted by Crippen LogP contribution is -2.61. The second kappa shape index (κ2) is 3.01. The van der Waals surface area contributed by atoms with Crippen LogP contribution in [0.2, 0.25) is 0 Å². The molecule has 0 spiro atoms. The summed E-state index contributed by atoms with van der Waals surface area (Å²) in [6, 6.07) is 0. The van der Waals surface area contributed by atoms with E-state index >= 15 is 0 Å². The van der Waals surface area contributed by atoms with Gasteiger partial charge in [-0.2, -0.15) is 0 Å². The number of carbonyl (C=O) groups is 1. The summed E-state index contributed by atoms with van der Waals surface area (Å²) in [4.78, 5) is 10.5. The fourth-order valence-corrected chi connectivity index (χ4v) is 0.623. The van der Waals surface area contributed by atoms with Crippen LogP contribution in [-0.4, -0.2) is 43.7 Å². The first-order valence-electron chi connectivity index (χ1n) is 3.50. The van der Waals surface area contributed by atoms with Gasteiger partial charge in [-0.15, -0.1) is 0 Å². The zero-order valence-electron chi connectivity index (χ0n) is 7.27. The first kappa shape index (κ1) is 11.4. The Morgan fingerprint density at radius 3 is 1.75 bits per heavy atom. The van der Waals surface area contributed by atoms with Crippen molar-refractivity contribution < 1.29 is 25.2 Å². The third kappa shape index (κ3) is 1.57. The van der Waals surface area contributed by atoms with Gasteiger partial charge in [0.15, 0.2) is 5.60 Å². The highest BCUT2D eigenvalue weighted by atomic mass is 16.4. The summed E-state index contributed by atoms with van der Waals surface area (Å²) < 4.78 is 0. The predicted octanol–water partition coefficient (Wildman–Crippen LogP) is -1.05. The van der Waals surface area contributed by atoms with Gasteiger partial charge in [0.1, 0.15) is 5.60 Å². The van der Waals surface area contributed by atoms with Crippen molar-refractivity contribution in [3.05, 3.63) is 0 Å². The van der Waals surface area contributed by atoms with Crippen LogP contribution in [-0.2, 0) is 4.79 Å². The van der Waals surface area contributed by atoms with E-state index in [1.807, 2.05) is 0 Å². The zero-order chi connectivity index (χ0) is 10.2. The molecule has 0 saturated carbocycles. The molecule has 0 aromatic heterocycles. The Hall–Kier alpha value is -0.650. The molecule has 0 amide bonds. The number of aliphatic carboxylic acids is 1. The number of rotatable bonds is 3. The molecule has 4 N–H and O–H groups in total. The van der Waals surface area contributed by atoms with Gasteiger partial charge in [-0.05, 0) is 20.8 Å². The molecular formula is C7H14O5. The molecule has 0 saturated heterocycles. The lowest BCUT2D eigenvalue weighted by atomic mass is 9.82. The maximum absolute atomic E-state index is 10.5. The first-order valence-corrected chi connectivity index (χ1v) is 3.50. The first-order chi connectivity index (χ1) is 5.14. The van der Waals surface area contributed by atoms with E-state index in [0.29, 0.717) is 0 Å². The Bertz CT molecular complexity index is 182. The molecule has 0 aliphatic rings. The van der Waals surface area contributed by atoms with Crippen LogP contribution in [0.1, 0.15) is 20.8 Å². The molecule has 0 bridgehead atoms. The van der Waals surface area contributed by atoms with Gasteiger partial charge in [-0.25, -0.2) is 4.79 Å². The summed E-state index contributed by atoms with van der Waals surface area (Å²) in [5.74, 6) is -1.58. The van der Waals surface area contributed by atoms with Gasteiger partial charge in [0.05, 0.1) is 6.10 Å². The highest BCUT2D eigenvalue weighted by Crippen LogP contribution is 2.25. The van der Waals surface area contributed by atoms with Crippen molar-refractivity contribution >= 4 is 5.97 Å². The highest BCUT2D eigenvalue weighted by molar-refractivity contribution is 5.78. The number of aliphatic hydroxyl groups excluding tert-OH is 1. The smallest absolute Gasteiger partial charge is 0.338 e. The molecule has 72 valence electrons. The lowest BCUT2D eigenvalue weighted by molar-refractivity contribution is -0.204. The predicted molar refractivity (Wildman–Crippen MR) is 40.6 cm³/mol. The summed E-state index contributed by atoms with van der Waals surface area (Å²) in [6.07, 6.45) is -1.33. The molecular weight excluding hydrogens is 164 g/mol. The molecule has 5 heteroatoms. The molecule has 0 fully saturated rings. The molecule has 0 aliphatic carbocycles. The minimum atomic E-state index is -2.36. The summed E-state index contributed by atoms with van der Waals surface area (Å²) in [5.41, 5.74) is -4.43. The average molecular weight is 178 g/mol. The topological polar surface area (TPSA) is 98.0 Å². The molecule has 0 aliphatic heterocycles. The standard InChI is InChI=1S/C7H14O5/c1-4(8)6(2,11)7(3,12)5(9)10/h4,8,11-12H,1-3H3,(H,9,10). The summed E-state index contributed by atoms with van der Waals surface area (Å²) >= 11 is 0. The number of carboxylic acids is 1. The SMILES string of the molecule is CC(O)C(C)(O)C(C)(O)C(=O)O. The molecule has 12 heavy (non-hydrogen) atoms. The van der Waals surface area contributed by atoms with Crippen molar-refractivity contribution in [1.82, 2.24) is 0 Å². The average Bonchev–Trinajstić information content (AvgIpc) is 1.86. The van der Waals surface area contributed by atoms with E-state index in [-0.39, 0.29) is 0 Å². The van der Waals surface area contributed by atoms with E-state index < -0.39 is 23.3 Å². The Morgan fingerprint density at radius 1 is 1.33 bits per heavy atom. The second-order valence-corrected chi connectivity index (χ2v) is 3.20. The summed E-state index contributed by atoms with van der Waals surface area (Å²) in [6.45, 7) is 3.20. The van der Waals surface area contributed by atoms with Gasteiger partial charge in [-0.3, -0.25) is 0 Å². The van der Waals surface area contributed by atoms with Crippen LogP contribution >= 0.6 is 0 Å². The molecule has 0 radical (unpaired) electrons. The number of aliphatic hydroxyl groups is 3. The monoisotopic (exact) mass is 178 g/mol. The van der Waals surface area contributed by atoms with Gasteiger partial charge in [0, 0.05) is 0 Å². The van der Waals surface area contributed by atoms with Crippen molar-refractivity contribution in [2.75, 3.05) is 0 Å². The molecule has 5 nitrogen and oxygen atoms in total. The molecule has 0 heterocycles. The maximum atomic E-state index is 10.5. The van der Waals surface area contributed by atoms with Crippen LogP contribution in [0.5, 0.6) is 0 Å². The summed E-state index contributed by atoms with van der Waals surface area (Å²) in [7, 11) is 0. The number of hydrogen-bond donors (Lipinski definition) is 4. The normalized spacial score (nSPS) is 23.8. The molecule has 0 aromatic carbocycles. The Kier molecular flexibility index (Phi) is 2.84. The third-order valence-electron chi connectivity index (χ3n) is 2.22. The van der Waals surface area contributed by atoms with E-state index in [0.717, 1.165) is 13.8 Å². The Labute approximate surface area is 70.3 Å². The van der Waals surface area contributed by atoms with Gasteiger partial charge < -0.3 is 20.4 Å². The minimum Gasteiger partial charge on any atom is -0.479 e. The Morgan fingerprint density at radius 2 is 1.67 bits per heavy atom. The maximum Gasteiger partial charge on any atom is 0.338 e. The van der Waals surface area contributed by atoms with Gasteiger partial charge in [-0.1, -0.05) is 0 Å². The van der Waals surface area contributed by atoms with Gasteiger partial charge >= 0.3 is 5.97 Å². The van der Waals surface area contributed by atoms with Crippen molar-refractivity contribution in [2.45, 2.75) is 38.1 Å². The van der Waals surface area contributed by atoms with E-state index in [9.17, 15) is 15.0 Å². The van der Waals surface area contributed by atoms with Crippen LogP contribution < -0.4 is 0 Å². The molecule has 0 rings (SSSR count). The van der Waals surface area contributed by atoms with Crippen molar-refractivity contribution in [3.63, 3.8) is 0 Å². The quantitative estimate of drug-likeness (QED) is 0.442. The largest absolute Gasteiger partial charge is 0.479 e. The molecule has 3 atom stereocenters. The van der Waals surface area contributed by atoms with Crippen LogP contribution in [0.25, 0.3) is 0 Å². The second-order valence-electron chi connectivity index (χ2n) is 3.20. The van der Waals surface area contributed by atoms with E-state index in [1.54, 1.807) is 0 Å². The lowest BCUT2D eigenvalue weighted by Gasteiger charge is -2.36. The fourth-order valence-electron chi connectivity index (χ4n) is 0.623. The zero-order valence-corrected chi connectivity index (χ0v) is 7.27. The number of carboxylic acid groups (broad SMARTS) is 1. The van der Waals surface area contributed by atoms with E-state index in [1.165, 1.54) is 6.92 Å². The third-order valence-corrected chi connectivity index (χ3v) is 2.22. The minimum absolute atomic E-state index is 0.933. The van der Waals surface area contributed by atoms with Gasteiger partial charge in [0.25, 0.3) is 0 Å². The Balaban J connectivity index is 4.88. The highest BCUT2D eigenvalue weighted by Gasteiger charge is 2.51. The van der Waals surface area contributed by atoms with Crippen molar-refractivity contribution in [1.29, 1.82) is 0 Å².